The molecule has 1 N–H and O–H groups in total. The molecule has 1 aliphatic heterocycles. The number of aryl methyl sites for hydroxylation is 1. The molecule has 1 fully saturated rings. The average molecular weight is 351 g/mol. The van der Waals surface area contributed by atoms with Gasteiger partial charge < -0.3 is 10.0 Å². The van der Waals surface area contributed by atoms with Gasteiger partial charge in [-0.1, -0.05) is 24.3 Å². The molecule has 2 aliphatic rings. The topological polar surface area (TPSA) is 39.6 Å². The Morgan fingerprint density at radius 1 is 1.04 bits per heavy atom. The van der Waals surface area contributed by atoms with Crippen LogP contribution in [0.3, 0.4) is 0 Å². The molecule has 2 heterocycles. The van der Waals surface area contributed by atoms with Crippen molar-refractivity contribution in [3.8, 4) is 0 Å². The largest absolute Gasteiger partial charge is 0.392 e. The van der Waals surface area contributed by atoms with Gasteiger partial charge >= 0.3 is 0 Å². The van der Waals surface area contributed by atoms with Gasteiger partial charge in [0.2, 0.25) is 0 Å². The molecule has 4 heteroatoms. The van der Waals surface area contributed by atoms with Gasteiger partial charge in [0, 0.05) is 32.4 Å². The van der Waals surface area contributed by atoms with E-state index in [1.54, 1.807) is 0 Å². The quantitative estimate of drug-likeness (QED) is 0.899. The van der Waals surface area contributed by atoms with Crippen LogP contribution in [0.25, 0.3) is 0 Å². The highest BCUT2D eigenvalue weighted by Crippen LogP contribution is 2.28. The van der Waals surface area contributed by atoms with Crippen LogP contribution in [0.4, 0.5) is 5.82 Å². The number of piperazine rings is 1. The summed E-state index contributed by atoms with van der Waals surface area (Å²) >= 11 is 0. The first-order chi connectivity index (χ1) is 12.8. The van der Waals surface area contributed by atoms with E-state index in [0.29, 0.717) is 0 Å². The van der Waals surface area contributed by atoms with Crippen molar-refractivity contribution in [2.75, 3.05) is 37.6 Å². The van der Waals surface area contributed by atoms with Crippen LogP contribution in [0.1, 0.15) is 29.5 Å². The molecule has 1 aromatic heterocycles. The summed E-state index contributed by atoms with van der Waals surface area (Å²) in [5, 5.41) is 9.37. The zero-order valence-corrected chi connectivity index (χ0v) is 15.5. The smallest absolute Gasteiger partial charge is 0.128 e. The molecule has 1 aromatic carbocycles. The molecular weight excluding hydrogens is 322 g/mol. The summed E-state index contributed by atoms with van der Waals surface area (Å²) in [5.41, 5.74) is 4.00. The van der Waals surface area contributed by atoms with Crippen LogP contribution in [0.15, 0.2) is 42.6 Å². The Morgan fingerprint density at radius 3 is 2.69 bits per heavy atom. The molecule has 1 aliphatic carbocycles. The Morgan fingerprint density at radius 2 is 1.92 bits per heavy atom. The Labute approximate surface area is 156 Å². The molecular formula is C22H29N3O. The van der Waals surface area contributed by atoms with Crippen molar-refractivity contribution in [1.82, 2.24) is 9.88 Å². The summed E-state index contributed by atoms with van der Waals surface area (Å²) in [6.45, 7) is 5.77. The number of nitrogens with zero attached hydrogens (tertiary/aromatic N) is 3. The summed E-state index contributed by atoms with van der Waals surface area (Å²) < 4.78 is 0. The van der Waals surface area contributed by atoms with E-state index in [1.165, 1.54) is 43.4 Å². The van der Waals surface area contributed by atoms with E-state index in [-0.39, 0.29) is 6.61 Å². The molecule has 4 nitrogen and oxygen atoms in total. The van der Waals surface area contributed by atoms with Gasteiger partial charge in [0.25, 0.3) is 0 Å². The summed E-state index contributed by atoms with van der Waals surface area (Å²) in [7, 11) is 0. The van der Waals surface area contributed by atoms with Crippen molar-refractivity contribution in [1.29, 1.82) is 0 Å². The van der Waals surface area contributed by atoms with Gasteiger partial charge in [-0.2, -0.15) is 0 Å². The summed E-state index contributed by atoms with van der Waals surface area (Å²) in [6.07, 6.45) is 6.84. The lowest BCUT2D eigenvalue weighted by molar-refractivity contribution is 0.232. The Kier molecular flexibility index (Phi) is 5.51. The number of pyridine rings is 1. The van der Waals surface area contributed by atoms with Gasteiger partial charge in [-0.25, -0.2) is 4.98 Å². The summed E-state index contributed by atoms with van der Waals surface area (Å²) in [6, 6.07) is 12.7. The number of aliphatic hydroxyl groups excluding tert-OH is 1. The number of rotatable bonds is 5. The molecule has 2 aromatic rings. The van der Waals surface area contributed by atoms with Gasteiger partial charge in [0.15, 0.2) is 0 Å². The maximum Gasteiger partial charge on any atom is 0.128 e. The molecule has 0 amide bonds. The molecule has 0 saturated carbocycles. The third-order valence-corrected chi connectivity index (χ3v) is 5.98. The molecule has 0 bridgehead atoms. The standard InChI is InChI=1S/C22H29N3O/c26-17-19-5-7-20-6-4-18(15-21(20)16-19)8-10-24-11-13-25(14-12-24)22-3-1-2-9-23-22/h1-3,5,7,9,16,18,26H,4,6,8,10-15,17H2. The lowest BCUT2D eigenvalue weighted by atomic mass is 9.81. The molecule has 138 valence electrons. The molecule has 1 saturated heterocycles. The number of aromatic nitrogens is 1. The van der Waals surface area contributed by atoms with Crippen LogP contribution in [0.5, 0.6) is 0 Å². The SMILES string of the molecule is OCc1ccc2c(c1)CC(CCN1CCN(c3ccccn3)CC1)CC2. The van der Waals surface area contributed by atoms with Crippen molar-refractivity contribution in [2.45, 2.75) is 32.3 Å². The van der Waals surface area contributed by atoms with Crippen LogP contribution in [0, 0.1) is 5.92 Å². The van der Waals surface area contributed by atoms with E-state index in [4.69, 9.17) is 0 Å². The molecule has 0 spiro atoms. The molecule has 26 heavy (non-hydrogen) atoms. The minimum absolute atomic E-state index is 0.151. The van der Waals surface area contributed by atoms with Gasteiger partial charge in [0.05, 0.1) is 6.61 Å². The van der Waals surface area contributed by atoms with E-state index in [9.17, 15) is 5.11 Å². The monoisotopic (exact) mass is 351 g/mol. The molecule has 4 rings (SSSR count). The number of aliphatic hydroxyl groups is 1. The number of hydrogen-bond donors (Lipinski definition) is 1. The van der Waals surface area contributed by atoms with E-state index >= 15 is 0 Å². The predicted molar refractivity (Wildman–Crippen MR) is 105 cm³/mol. The minimum Gasteiger partial charge on any atom is -0.392 e. The fourth-order valence-electron chi connectivity index (χ4n) is 4.34. The summed E-state index contributed by atoms with van der Waals surface area (Å²) in [5.74, 6) is 1.89. The second-order valence-corrected chi connectivity index (χ2v) is 7.68. The zero-order chi connectivity index (χ0) is 17.8. The van der Waals surface area contributed by atoms with Crippen molar-refractivity contribution >= 4 is 5.82 Å². The highest BCUT2D eigenvalue weighted by Gasteiger charge is 2.22. The first-order valence-electron chi connectivity index (χ1n) is 9.91. The maximum atomic E-state index is 9.37. The van der Waals surface area contributed by atoms with Crippen molar-refractivity contribution in [3.05, 3.63) is 59.3 Å². The lowest BCUT2D eigenvalue weighted by Gasteiger charge is -2.36. The van der Waals surface area contributed by atoms with E-state index in [2.05, 4.69) is 45.1 Å². The Hall–Kier alpha value is -1.91. The Balaban J connectivity index is 1.25. The van der Waals surface area contributed by atoms with Crippen molar-refractivity contribution in [3.63, 3.8) is 0 Å². The normalized spacial score (nSPS) is 20.8. The summed E-state index contributed by atoms with van der Waals surface area (Å²) in [4.78, 5) is 9.47. The van der Waals surface area contributed by atoms with Crippen LogP contribution in [-0.2, 0) is 19.4 Å². The second kappa shape index (κ2) is 8.19. The average Bonchev–Trinajstić information content (AvgIpc) is 2.72. The van der Waals surface area contributed by atoms with Crippen molar-refractivity contribution in [2.24, 2.45) is 5.92 Å². The first kappa shape index (κ1) is 17.5. The number of fused-ring (bicyclic) bond motifs is 1. The fourth-order valence-corrected chi connectivity index (χ4v) is 4.34. The highest BCUT2D eigenvalue weighted by atomic mass is 16.3. The van der Waals surface area contributed by atoms with E-state index < -0.39 is 0 Å². The predicted octanol–water partition coefficient (Wildman–Crippen LogP) is 2.89. The van der Waals surface area contributed by atoms with E-state index in [1.807, 2.05) is 12.3 Å². The van der Waals surface area contributed by atoms with Crippen LogP contribution in [-0.4, -0.2) is 47.7 Å². The van der Waals surface area contributed by atoms with Gasteiger partial charge in [-0.05, 0) is 67.0 Å². The molecule has 1 unspecified atom stereocenters. The molecule has 0 radical (unpaired) electrons. The number of benzene rings is 1. The van der Waals surface area contributed by atoms with Crippen LogP contribution < -0.4 is 4.90 Å². The second-order valence-electron chi connectivity index (χ2n) is 7.68. The Bertz CT molecular complexity index is 711. The van der Waals surface area contributed by atoms with Crippen LogP contribution in [0.2, 0.25) is 0 Å². The minimum atomic E-state index is 0.151. The number of anilines is 1. The van der Waals surface area contributed by atoms with Gasteiger partial charge in [-0.3, -0.25) is 4.90 Å². The van der Waals surface area contributed by atoms with Gasteiger partial charge in [0.1, 0.15) is 5.82 Å². The number of hydrogen-bond acceptors (Lipinski definition) is 4. The fraction of sp³-hybridized carbons (Fsp3) is 0.500. The third kappa shape index (κ3) is 4.08. The van der Waals surface area contributed by atoms with Crippen LogP contribution >= 0.6 is 0 Å². The van der Waals surface area contributed by atoms with Crippen molar-refractivity contribution < 1.29 is 5.11 Å². The lowest BCUT2D eigenvalue weighted by Crippen LogP contribution is -2.47. The molecule has 1 atom stereocenters. The maximum absolute atomic E-state index is 9.37. The first-order valence-corrected chi connectivity index (χ1v) is 9.91. The highest BCUT2D eigenvalue weighted by molar-refractivity contribution is 5.38. The third-order valence-electron chi connectivity index (χ3n) is 5.98. The van der Waals surface area contributed by atoms with E-state index in [0.717, 1.165) is 43.5 Å². The van der Waals surface area contributed by atoms with Gasteiger partial charge in [-0.15, -0.1) is 0 Å². The zero-order valence-electron chi connectivity index (χ0n) is 15.5.